The van der Waals surface area contributed by atoms with Crippen LogP contribution in [0.2, 0.25) is 0 Å². The SMILES string of the molecule is Cc1ccc(C(=O)OC2CC3CCC2(C)C3(C)C)o1. The molecule has 0 N–H and O–H groups in total. The van der Waals surface area contributed by atoms with Crippen LogP contribution in [0.15, 0.2) is 16.5 Å². The highest BCUT2D eigenvalue weighted by atomic mass is 16.6. The Morgan fingerprint density at radius 1 is 1.37 bits per heavy atom. The summed E-state index contributed by atoms with van der Waals surface area (Å²) in [7, 11) is 0. The smallest absolute Gasteiger partial charge is 0.374 e. The first-order valence-electron chi connectivity index (χ1n) is 7.12. The Bertz CT molecular complexity index is 514. The normalized spacial score (nSPS) is 35.6. The van der Waals surface area contributed by atoms with E-state index in [4.69, 9.17) is 9.15 Å². The van der Waals surface area contributed by atoms with Crippen LogP contribution in [-0.2, 0) is 4.74 Å². The molecule has 104 valence electrons. The Morgan fingerprint density at radius 3 is 2.58 bits per heavy atom. The summed E-state index contributed by atoms with van der Waals surface area (Å²) in [5.41, 5.74) is 0.367. The lowest BCUT2D eigenvalue weighted by molar-refractivity contribution is -0.0265. The first-order chi connectivity index (χ1) is 8.84. The van der Waals surface area contributed by atoms with Crippen LogP contribution >= 0.6 is 0 Å². The van der Waals surface area contributed by atoms with Gasteiger partial charge in [0.15, 0.2) is 0 Å². The molecule has 2 aliphatic rings. The Balaban J connectivity index is 1.77. The second-order valence-corrected chi connectivity index (χ2v) is 6.91. The summed E-state index contributed by atoms with van der Waals surface area (Å²) in [4.78, 5) is 12.1. The van der Waals surface area contributed by atoms with Crippen LogP contribution in [-0.4, -0.2) is 12.1 Å². The molecule has 1 aromatic heterocycles. The number of carbonyl (C=O) groups excluding carboxylic acids is 1. The van der Waals surface area contributed by atoms with Crippen LogP contribution in [0, 0.1) is 23.7 Å². The fraction of sp³-hybridized carbons (Fsp3) is 0.688. The highest BCUT2D eigenvalue weighted by molar-refractivity contribution is 5.86. The van der Waals surface area contributed by atoms with Gasteiger partial charge in [-0.2, -0.15) is 0 Å². The van der Waals surface area contributed by atoms with E-state index >= 15 is 0 Å². The zero-order valence-electron chi connectivity index (χ0n) is 12.2. The highest BCUT2D eigenvalue weighted by Crippen LogP contribution is 2.66. The van der Waals surface area contributed by atoms with Crippen LogP contribution in [0.3, 0.4) is 0 Å². The van der Waals surface area contributed by atoms with Crippen molar-refractivity contribution in [2.24, 2.45) is 16.7 Å². The minimum Gasteiger partial charge on any atom is -0.456 e. The molecule has 3 nitrogen and oxygen atoms in total. The predicted molar refractivity (Wildman–Crippen MR) is 71.9 cm³/mol. The highest BCUT2D eigenvalue weighted by Gasteiger charge is 2.62. The van der Waals surface area contributed by atoms with E-state index in [1.807, 2.05) is 6.92 Å². The van der Waals surface area contributed by atoms with Crippen molar-refractivity contribution in [3.63, 3.8) is 0 Å². The first-order valence-corrected chi connectivity index (χ1v) is 7.12. The van der Waals surface area contributed by atoms with Crippen molar-refractivity contribution in [2.75, 3.05) is 0 Å². The number of ether oxygens (including phenoxy) is 1. The lowest BCUT2D eigenvalue weighted by Crippen LogP contribution is -2.38. The summed E-state index contributed by atoms with van der Waals surface area (Å²) in [6.45, 7) is 8.73. The number of aryl methyl sites for hydroxylation is 1. The number of hydrogen-bond donors (Lipinski definition) is 0. The summed E-state index contributed by atoms with van der Waals surface area (Å²) in [6.07, 6.45) is 3.44. The third-order valence-electron chi connectivity index (χ3n) is 5.90. The summed E-state index contributed by atoms with van der Waals surface area (Å²) < 4.78 is 11.1. The van der Waals surface area contributed by atoms with Gasteiger partial charge in [0.05, 0.1) is 0 Å². The second-order valence-electron chi connectivity index (χ2n) is 6.91. The number of rotatable bonds is 2. The van der Waals surface area contributed by atoms with Gasteiger partial charge in [-0.05, 0) is 49.7 Å². The van der Waals surface area contributed by atoms with E-state index in [1.165, 1.54) is 6.42 Å². The van der Waals surface area contributed by atoms with E-state index in [0.29, 0.717) is 11.7 Å². The number of carbonyl (C=O) groups is 1. The predicted octanol–water partition coefficient (Wildman–Crippen LogP) is 3.96. The van der Waals surface area contributed by atoms with Crippen LogP contribution in [0.1, 0.15) is 56.3 Å². The molecule has 2 bridgehead atoms. The third-order valence-corrected chi connectivity index (χ3v) is 5.90. The maximum absolute atomic E-state index is 12.1. The van der Waals surface area contributed by atoms with Crippen LogP contribution < -0.4 is 0 Å². The minimum absolute atomic E-state index is 0.0270. The molecule has 3 unspecified atom stereocenters. The second kappa shape index (κ2) is 3.87. The summed E-state index contributed by atoms with van der Waals surface area (Å²) in [5.74, 6) is 1.42. The zero-order chi connectivity index (χ0) is 13.8. The van der Waals surface area contributed by atoms with Crippen molar-refractivity contribution in [1.82, 2.24) is 0 Å². The fourth-order valence-electron chi connectivity index (χ4n) is 4.04. The molecule has 0 spiro atoms. The fourth-order valence-corrected chi connectivity index (χ4v) is 4.04. The average molecular weight is 262 g/mol. The van der Waals surface area contributed by atoms with Gasteiger partial charge in [0.1, 0.15) is 11.9 Å². The number of furan rings is 1. The molecule has 0 aromatic carbocycles. The third kappa shape index (κ3) is 1.67. The van der Waals surface area contributed by atoms with Gasteiger partial charge in [0.2, 0.25) is 5.76 Å². The molecule has 2 saturated carbocycles. The van der Waals surface area contributed by atoms with Crippen molar-refractivity contribution in [3.8, 4) is 0 Å². The standard InChI is InChI=1S/C16H22O3/c1-10-5-6-12(18-10)14(17)19-13-9-11-7-8-16(13,4)15(11,2)3/h5-6,11,13H,7-9H2,1-4H3. The topological polar surface area (TPSA) is 39.4 Å². The van der Waals surface area contributed by atoms with Gasteiger partial charge < -0.3 is 9.15 Å². The lowest BCUT2D eigenvalue weighted by atomic mass is 9.70. The van der Waals surface area contributed by atoms with Crippen LogP contribution in [0.5, 0.6) is 0 Å². The van der Waals surface area contributed by atoms with Gasteiger partial charge in [-0.25, -0.2) is 4.79 Å². The van der Waals surface area contributed by atoms with Gasteiger partial charge >= 0.3 is 5.97 Å². The maximum atomic E-state index is 12.1. The maximum Gasteiger partial charge on any atom is 0.374 e. The van der Waals surface area contributed by atoms with E-state index in [-0.39, 0.29) is 22.9 Å². The molecule has 0 saturated heterocycles. The lowest BCUT2D eigenvalue weighted by Gasteiger charge is -2.38. The minimum atomic E-state index is -0.317. The largest absolute Gasteiger partial charge is 0.456 e. The zero-order valence-corrected chi connectivity index (χ0v) is 12.2. The molecule has 3 rings (SSSR count). The average Bonchev–Trinajstić information content (AvgIpc) is 2.91. The van der Waals surface area contributed by atoms with Crippen molar-refractivity contribution >= 4 is 5.97 Å². The quantitative estimate of drug-likeness (QED) is 0.757. The van der Waals surface area contributed by atoms with Crippen molar-refractivity contribution in [3.05, 3.63) is 23.7 Å². The summed E-state index contributed by atoms with van der Waals surface area (Å²) in [5, 5.41) is 0. The van der Waals surface area contributed by atoms with Gasteiger partial charge in [0, 0.05) is 5.41 Å². The summed E-state index contributed by atoms with van der Waals surface area (Å²) in [6, 6.07) is 3.49. The van der Waals surface area contributed by atoms with Gasteiger partial charge in [-0.3, -0.25) is 0 Å². The van der Waals surface area contributed by atoms with Gasteiger partial charge in [-0.1, -0.05) is 20.8 Å². The van der Waals surface area contributed by atoms with Crippen molar-refractivity contribution < 1.29 is 13.9 Å². The Labute approximate surface area is 114 Å². The molecule has 1 heterocycles. The molecule has 2 aliphatic carbocycles. The van der Waals surface area contributed by atoms with E-state index in [1.54, 1.807) is 12.1 Å². The monoisotopic (exact) mass is 262 g/mol. The molecule has 19 heavy (non-hydrogen) atoms. The first kappa shape index (κ1) is 12.8. The van der Waals surface area contributed by atoms with Crippen molar-refractivity contribution in [2.45, 2.75) is 53.1 Å². The van der Waals surface area contributed by atoms with Crippen LogP contribution in [0.25, 0.3) is 0 Å². The Morgan fingerprint density at radius 2 is 2.11 bits per heavy atom. The molecule has 3 heteroatoms. The number of fused-ring (bicyclic) bond motifs is 2. The van der Waals surface area contributed by atoms with E-state index in [2.05, 4.69) is 20.8 Å². The Kier molecular flexibility index (Phi) is 2.60. The summed E-state index contributed by atoms with van der Waals surface area (Å²) >= 11 is 0. The van der Waals surface area contributed by atoms with Gasteiger partial charge in [0.25, 0.3) is 0 Å². The van der Waals surface area contributed by atoms with E-state index in [9.17, 15) is 4.79 Å². The molecular formula is C16H22O3. The molecule has 3 atom stereocenters. The van der Waals surface area contributed by atoms with E-state index < -0.39 is 0 Å². The molecule has 0 aliphatic heterocycles. The molecular weight excluding hydrogens is 240 g/mol. The number of hydrogen-bond acceptors (Lipinski definition) is 3. The number of esters is 1. The van der Waals surface area contributed by atoms with Crippen LogP contribution in [0.4, 0.5) is 0 Å². The van der Waals surface area contributed by atoms with E-state index in [0.717, 1.165) is 18.6 Å². The molecule has 2 fully saturated rings. The molecule has 0 amide bonds. The van der Waals surface area contributed by atoms with Crippen molar-refractivity contribution in [1.29, 1.82) is 0 Å². The molecule has 0 radical (unpaired) electrons. The van der Waals surface area contributed by atoms with Gasteiger partial charge in [-0.15, -0.1) is 0 Å². The molecule has 1 aromatic rings. The Hall–Kier alpha value is -1.25.